The summed E-state index contributed by atoms with van der Waals surface area (Å²) < 4.78 is 20.4. The van der Waals surface area contributed by atoms with Gasteiger partial charge in [-0.15, -0.1) is 0 Å². The monoisotopic (exact) mass is 372 g/mol. The molecule has 2 aliphatic heterocycles. The normalized spacial score (nSPS) is 48.0. The Morgan fingerprint density at radius 3 is 2.04 bits per heavy atom. The number of aliphatic hydroxyl groups excluding tert-OH is 8. The van der Waals surface area contributed by atoms with Gasteiger partial charge in [-0.05, 0) is 0 Å². The van der Waals surface area contributed by atoms with E-state index in [1.165, 1.54) is 0 Å². The second kappa shape index (κ2) is 8.47. The molecule has 0 spiro atoms. The van der Waals surface area contributed by atoms with Crippen LogP contribution in [0.2, 0.25) is 0 Å². The summed E-state index contributed by atoms with van der Waals surface area (Å²) in [5.74, 6) is -2.23. The highest BCUT2D eigenvalue weighted by Crippen LogP contribution is 2.35. The van der Waals surface area contributed by atoms with Crippen molar-refractivity contribution >= 4 is 0 Å². The van der Waals surface area contributed by atoms with Gasteiger partial charge in [0.1, 0.15) is 56.1 Å². The van der Waals surface area contributed by atoms with E-state index >= 15 is 0 Å². The van der Waals surface area contributed by atoms with Crippen molar-refractivity contribution in [1.29, 1.82) is 0 Å². The maximum absolute atomic E-state index is 10.1. The van der Waals surface area contributed by atoms with E-state index in [-0.39, 0.29) is 6.61 Å². The van der Waals surface area contributed by atoms with E-state index in [4.69, 9.17) is 24.4 Å². The number of aliphatic hydroxyl groups is 8. The van der Waals surface area contributed by atoms with Crippen molar-refractivity contribution in [3.63, 3.8) is 0 Å². The molecule has 2 aliphatic rings. The summed E-state index contributed by atoms with van der Waals surface area (Å²) >= 11 is 0. The molecule has 2 fully saturated rings. The fourth-order valence-corrected chi connectivity index (χ4v) is 2.79. The third-order valence-electron chi connectivity index (χ3n) is 4.26. The fraction of sp³-hybridized carbons (Fsp3) is 1.00. The Morgan fingerprint density at radius 1 is 0.840 bits per heavy atom. The minimum Gasteiger partial charge on any atom is -0.394 e. The van der Waals surface area contributed by atoms with Crippen molar-refractivity contribution in [3.05, 3.63) is 0 Å². The van der Waals surface area contributed by atoms with Crippen LogP contribution in [0, 0.1) is 0 Å². The Hall–Kier alpha value is -0.480. The van der Waals surface area contributed by atoms with Crippen LogP contribution in [0.3, 0.4) is 0 Å². The molecule has 2 heterocycles. The van der Waals surface area contributed by atoms with Crippen molar-refractivity contribution in [2.45, 2.75) is 54.8 Å². The Kier molecular flexibility index (Phi) is 7.06. The first-order valence-corrected chi connectivity index (χ1v) is 7.63. The molecular weight excluding hydrogens is 348 g/mol. The molecule has 0 aromatic heterocycles. The molecular formula is C13H24O12. The molecule has 0 saturated carbocycles. The molecule has 0 aliphatic carbocycles. The van der Waals surface area contributed by atoms with Gasteiger partial charge in [-0.2, -0.15) is 0 Å². The lowest BCUT2D eigenvalue weighted by molar-refractivity contribution is -0.384. The molecule has 2 rings (SSSR count). The Balaban J connectivity index is 2.15. The summed E-state index contributed by atoms with van der Waals surface area (Å²) in [7, 11) is 0. The average molecular weight is 372 g/mol. The van der Waals surface area contributed by atoms with Crippen LogP contribution in [0.15, 0.2) is 0 Å². The average Bonchev–Trinajstić information content (AvgIpc) is 2.86. The van der Waals surface area contributed by atoms with E-state index in [0.29, 0.717) is 0 Å². The maximum atomic E-state index is 10.1. The van der Waals surface area contributed by atoms with E-state index in [0.717, 1.165) is 0 Å². The van der Waals surface area contributed by atoms with E-state index in [2.05, 4.69) is 4.74 Å². The first kappa shape index (κ1) is 20.8. The van der Waals surface area contributed by atoms with Gasteiger partial charge in [-0.3, -0.25) is 0 Å². The minimum atomic E-state index is -2.23. The lowest BCUT2D eigenvalue weighted by Crippen LogP contribution is -2.62. The summed E-state index contributed by atoms with van der Waals surface area (Å²) in [5.41, 5.74) is 0. The molecule has 0 amide bonds. The third kappa shape index (κ3) is 3.95. The van der Waals surface area contributed by atoms with Crippen LogP contribution in [0.25, 0.3) is 0 Å². The predicted molar refractivity (Wildman–Crippen MR) is 74.6 cm³/mol. The van der Waals surface area contributed by atoms with Gasteiger partial charge in [0.2, 0.25) is 5.79 Å². The molecule has 12 nitrogen and oxygen atoms in total. The molecule has 2 saturated heterocycles. The van der Waals surface area contributed by atoms with Crippen molar-refractivity contribution < 1.29 is 59.8 Å². The SMILES string of the molecule is OCOC[C@H]1O[C@H](O[C@]2(CO)O[C@H](CO)[C@@H](O)[C@@H]2O)[C@H](O)[C@@H](O)[C@@H]1O. The highest BCUT2D eigenvalue weighted by molar-refractivity contribution is 4.98. The van der Waals surface area contributed by atoms with Crippen molar-refractivity contribution in [1.82, 2.24) is 0 Å². The summed E-state index contributed by atoms with van der Waals surface area (Å²) in [6, 6.07) is 0. The largest absolute Gasteiger partial charge is 0.394 e. The highest BCUT2D eigenvalue weighted by Gasteiger charge is 2.58. The van der Waals surface area contributed by atoms with Gasteiger partial charge in [0.05, 0.1) is 13.2 Å². The summed E-state index contributed by atoms with van der Waals surface area (Å²) in [6.45, 7) is -2.67. The second-order valence-corrected chi connectivity index (χ2v) is 5.88. The summed E-state index contributed by atoms with van der Waals surface area (Å²) in [5, 5.41) is 77.0. The molecule has 0 aromatic carbocycles. The van der Waals surface area contributed by atoms with Gasteiger partial charge in [0, 0.05) is 0 Å². The quantitative estimate of drug-likeness (QED) is 0.198. The number of rotatable bonds is 7. The van der Waals surface area contributed by atoms with E-state index in [9.17, 15) is 30.6 Å². The molecule has 25 heavy (non-hydrogen) atoms. The van der Waals surface area contributed by atoms with Gasteiger partial charge in [0.25, 0.3) is 0 Å². The van der Waals surface area contributed by atoms with Crippen LogP contribution in [0.5, 0.6) is 0 Å². The molecule has 9 atom stereocenters. The lowest BCUT2D eigenvalue weighted by atomic mass is 9.99. The van der Waals surface area contributed by atoms with Gasteiger partial charge < -0.3 is 59.8 Å². The number of hydrogen-bond acceptors (Lipinski definition) is 12. The Morgan fingerprint density at radius 2 is 1.52 bits per heavy atom. The van der Waals surface area contributed by atoms with E-state index in [1.54, 1.807) is 0 Å². The third-order valence-corrected chi connectivity index (χ3v) is 4.26. The zero-order valence-corrected chi connectivity index (χ0v) is 13.2. The maximum Gasteiger partial charge on any atom is 0.224 e. The van der Waals surface area contributed by atoms with Gasteiger partial charge in [0.15, 0.2) is 6.29 Å². The molecule has 0 bridgehead atoms. The topological polar surface area (TPSA) is 199 Å². The Bertz CT molecular complexity index is 424. The molecule has 0 aromatic rings. The predicted octanol–water partition coefficient (Wildman–Crippen LogP) is -5.42. The smallest absolute Gasteiger partial charge is 0.224 e. The molecule has 12 heteroatoms. The van der Waals surface area contributed by atoms with Gasteiger partial charge in [-0.1, -0.05) is 0 Å². The first-order chi connectivity index (χ1) is 11.8. The number of hydrogen-bond donors (Lipinski definition) is 8. The number of ether oxygens (including phenoxy) is 4. The molecule has 0 radical (unpaired) electrons. The van der Waals surface area contributed by atoms with Crippen molar-refractivity contribution in [3.8, 4) is 0 Å². The second-order valence-electron chi connectivity index (χ2n) is 5.88. The van der Waals surface area contributed by atoms with Crippen LogP contribution in [-0.2, 0) is 18.9 Å². The minimum absolute atomic E-state index is 0.348. The molecule has 8 N–H and O–H groups in total. The zero-order chi connectivity index (χ0) is 18.8. The van der Waals surface area contributed by atoms with E-state index in [1.807, 2.05) is 0 Å². The van der Waals surface area contributed by atoms with Crippen LogP contribution < -0.4 is 0 Å². The first-order valence-electron chi connectivity index (χ1n) is 7.63. The standard InChI is InChI=1S/C13H24O12/c14-1-5-8(18)11(21)13(3-15,24-5)25-12-10(20)9(19)7(17)6(23-12)2-22-4-16/h5-12,14-21H,1-4H2/t5-,6-,7-,8-,9+,10-,11+,12-,13+/m1/s1. The molecule has 148 valence electrons. The van der Waals surface area contributed by atoms with Crippen molar-refractivity contribution in [2.75, 3.05) is 26.6 Å². The van der Waals surface area contributed by atoms with Crippen LogP contribution in [-0.4, -0.2) is 122 Å². The van der Waals surface area contributed by atoms with Crippen LogP contribution >= 0.6 is 0 Å². The van der Waals surface area contributed by atoms with Crippen LogP contribution in [0.1, 0.15) is 0 Å². The van der Waals surface area contributed by atoms with Gasteiger partial charge >= 0.3 is 0 Å². The van der Waals surface area contributed by atoms with Crippen molar-refractivity contribution in [2.24, 2.45) is 0 Å². The van der Waals surface area contributed by atoms with Gasteiger partial charge in [-0.25, -0.2) is 0 Å². The summed E-state index contributed by atoms with van der Waals surface area (Å²) in [4.78, 5) is 0. The molecule has 0 unspecified atom stereocenters. The van der Waals surface area contributed by atoms with E-state index < -0.39 is 74.8 Å². The zero-order valence-electron chi connectivity index (χ0n) is 13.2. The highest BCUT2D eigenvalue weighted by atomic mass is 16.8. The Labute approximate surface area is 142 Å². The van der Waals surface area contributed by atoms with Crippen LogP contribution in [0.4, 0.5) is 0 Å². The lowest BCUT2D eigenvalue weighted by Gasteiger charge is -2.43. The fourth-order valence-electron chi connectivity index (χ4n) is 2.79. The summed E-state index contributed by atoms with van der Waals surface area (Å²) in [6.07, 6.45) is -12.6.